The number of aryl methyl sites for hydroxylation is 1. The number of hydrogen-bond donors (Lipinski definition) is 2. The maximum atomic E-state index is 13.2. The fourth-order valence-corrected chi connectivity index (χ4v) is 3.52. The molecule has 1 aromatic heterocycles. The van der Waals surface area contributed by atoms with E-state index in [1.807, 2.05) is 4.68 Å². The smallest absolute Gasteiger partial charge is 0.123 e. The van der Waals surface area contributed by atoms with E-state index in [4.69, 9.17) is 0 Å². The summed E-state index contributed by atoms with van der Waals surface area (Å²) in [6, 6.07) is 7.13. The summed E-state index contributed by atoms with van der Waals surface area (Å²) in [4.78, 5) is 1.68. The van der Waals surface area contributed by atoms with Crippen LogP contribution in [-0.2, 0) is 6.54 Å². The van der Waals surface area contributed by atoms with Crippen molar-refractivity contribution in [3.63, 3.8) is 0 Å². The Morgan fingerprint density at radius 3 is 2.42 bits per heavy atom. The van der Waals surface area contributed by atoms with Crippen molar-refractivity contribution in [1.29, 1.82) is 0 Å². The van der Waals surface area contributed by atoms with Gasteiger partial charge in [-0.2, -0.15) is 5.10 Å². The van der Waals surface area contributed by atoms with E-state index < -0.39 is 0 Å². The molecule has 5 heteroatoms. The van der Waals surface area contributed by atoms with Crippen molar-refractivity contribution < 1.29 is 14.6 Å². The molecular weight excluding hydrogens is 327 g/mol. The van der Waals surface area contributed by atoms with Gasteiger partial charge in [-0.05, 0) is 58.9 Å². The fraction of sp³-hybridized carbons (Fsp3) is 0.571. The molecule has 0 saturated heterocycles. The normalized spacial score (nSPS) is 12.7. The third-order valence-corrected chi connectivity index (χ3v) is 5.43. The molecule has 0 aliphatic heterocycles. The van der Waals surface area contributed by atoms with Crippen LogP contribution < -0.4 is 10.2 Å². The van der Waals surface area contributed by atoms with Gasteiger partial charge in [-0.3, -0.25) is 0 Å². The highest BCUT2D eigenvalue weighted by atomic mass is 19.1. The summed E-state index contributed by atoms with van der Waals surface area (Å²) in [5.41, 5.74) is 4.40. The van der Waals surface area contributed by atoms with Gasteiger partial charge in [0.1, 0.15) is 12.4 Å². The highest BCUT2D eigenvalue weighted by Gasteiger charge is 2.16. The SMILES string of the molecule is CC[NH+](CC)CCC[C@@H](C)[NH2+]Cc1c(C)nn(-c2ccc(F)cc2)c1C. The number of halogens is 1. The van der Waals surface area contributed by atoms with Gasteiger partial charge in [0, 0.05) is 12.8 Å². The van der Waals surface area contributed by atoms with Crippen LogP contribution in [0.3, 0.4) is 0 Å². The zero-order chi connectivity index (χ0) is 19.1. The number of quaternary nitrogens is 2. The maximum Gasteiger partial charge on any atom is 0.123 e. The van der Waals surface area contributed by atoms with E-state index in [1.165, 1.54) is 50.2 Å². The second-order valence-corrected chi connectivity index (χ2v) is 7.30. The van der Waals surface area contributed by atoms with Crippen LogP contribution in [0.5, 0.6) is 0 Å². The molecule has 0 fully saturated rings. The molecule has 2 aromatic rings. The Morgan fingerprint density at radius 2 is 1.81 bits per heavy atom. The average molecular weight is 363 g/mol. The number of aromatic nitrogens is 2. The Labute approximate surface area is 157 Å². The van der Waals surface area contributed by atoms with E-state index in [0.717, 1.165) is 23.6 Å². The molecule has 0 aliphatic carbocycles. The first kappa shape index (κ1) is 20.6. The van der Waals surface area contributed by atoms with Gasteiger partial charge >= 0.3 is 0 Å². The first-order chi connectivity index (χ1) is 12.5. The van der Waals surface area contributed by atoms with Crippen LogP contribution in [0.4, 0.5) is 4.39 Å². The molecule has 0 radical (unpaired) electrons. The predicted molar refractivity (Wildman–Crippen MR) is 104 cm³/mol. The highest BCUT2D eigenvalue weighted by Crippen LogP contribution is 2.17. The Kier molecular flexibility index (Phi) is 7.79. The molecule has 4 nitrogen and oxygen atoms in total. The van der Waals surface area contributed by atoms with Crippen LogP contribution >= 0.6 is 0 Å². The lowest BCUT2D eigenvalue weighted by atomic mass is 10.1. The average Bonchev–Trinajstić information content (AvgIpc) is 2.91. The lowest BCUT2D eigenvalue weighted by molar-refractivity contribution is -0.896. The second-order valence-electron chi connectivity index (χ2n) is 7.30. The van der Waals surface area contributed by atoms with Crippen molar-refractivity contribution in [1.82, 2.24) is 9.78 Å². The first-order valence-corrected chi connectivity index (χ1v) is 9.94. The molecule has 0 bridgehead atoms. The van der Waals surface area contributed by atoms with Gasteiger partial charge < -0.3 is 10.2 Å². The minimum Gasteiger partial charge on any atom is -0.340 e. The van der Waals surface area contributed by atoms with Gasteiger partial charge in [-0.15, -0.1) is 0 Å². The van der Waals surface area contributed by atoms with E-state index >= 15 is 0 Å². The molecule has 0 saturated carbocycles. The summed E-state index contributed by atoms with van der Waals surface area (Å²) in [6.07, 6.45) is 2.52. The molecule has 144 valence electrons. The molecule has 26 heavy (non-hydrogen) atoms. The van der Waals surface area contributed by atoms with Crippen molar-refractivity contribution in [3.05, 3.63) is 47.0 Å². The number of nitrogens with one attached hydrogen (secondary N) is 1. The first-order valence-electron chi connectivity index (χ1n) is 9.94. The Hall–Kier alpha value is -1.72. The van der Waals surface area contributed by atoms with Crippen molar-refractivity contribution >= 4 is 0 Å². The van der Waals surface area contributed by atoms with Crippen LogP contribution in [-0.4, -0.2) is 35.5 Å². The largest absolute Gasteiger partial charge is 0.340 e. The van der Waals surface area contributed by atoms with Crippen molar-refractivity contribution in [2.24, 2.45) is 0 Å². The highest BCUT2D eigenvalue weighted by molar-refractivity contribution is 5.36. The molecule has 1 aromatic carbocycles. The number of nitrogens with two attached hydrogens (primary N) is 1. The standard InChI is InChI=1S/C21H33FN4/c1-6-25(7-2)14-8-9-16(3)23-15-21-17(4)24-26(18(21)5)20-12-10-19(22)11-13-20/h10-13,16,23H,6-9,14-15H2,1-5H3/p+2/t16-/m1/s1. The third-order valence-electron chi connectivity index (χ3n) is 5.43. The van der Waals surface area contributed by atoms with Crippen molar-refractivity contribution in [2.75, 3.05) is 19.6 Å². The molecule has 2 rings (SSSR count). The minimum atomic E-state index is -0.218. The lowest BCUT2D eigenvalue weighted by Crippen LogP contribution is -3.11. The molecule has 1 heterocycles. The Balaban J connectivity index is 1.92. The Bertz CT molecular complexity index is 674. The van der Waals surface area contributed by atoms with E-state index in [-0.39, 0.29) is 5.82 Å². The number of benzene rings is 1. The zero-order valence-corrected chi connectivity index (χ0v) is 17.0. The van der Waals surface area contributed by atoms with Crippen LogP contribution in [0.2, 0.25) is 0 Å². The van der Waals surface area contributed by atoms with Gasteiger partial charge in [0.15, 0.2) is 0 Å². The topological polar surface area (TPSA) is 38.9 Å². The van der Waals surface area contributed by atoms with E-state index in [1.54, 1.807) is 17.0 Å². The summed E-state index contributed by atoms with van der Waals surface area (Å²) < 4.78 is 15.1. The van der Waals surface area contributed by atoms with Crippen LogP contribution in [0, 0.1) is 19.7 Å². The summed E-state index contributed by atoms with van der Waals surface area (Å²) >= 11 is 0. The molecule has 1 atom stereocenters. The monoisotopic (exact) mass is 362 g/mol. The maximum absolute atomic E-state index is 13.2. The number of rotatable bonds is 10. The summed E-state index contributed by atoms with van der Waals surface area (Å²) in [5.74, 6) is -0.218. The predicted octanol–water partition coefficient (Wildman–Crippen LogP) is 1.79. The number of hydrogen-bond acceptors (Lipinski definition) is 1. The Morgan fingerprint density at radius 1 is 1.15 bits per heavy atom. The van der Waals surface area contributed by atoms with Gasteiger partial charge in [0.05, 0.1) is 48.3 Å². The molecule has 0 unspecified atom stereocenters. The van der Waals surface area contributed by atoms with Gasteiger partial charge in [-0.25, -0.2) is 9.07 Å². The molecule has 0 amide bonds. The van der Waals surface area contributed by atoms with Crippen molar-refractivity contribution in [3.8, 4) is 5.69 Å². The zero-order valence-electron chi connectivity index (χ0n) is 17.0. The van der Waals surface area contributed by atoms with Crippen LogP contribution in [0.1, 0.15) is 50.6 Å². The molecule has 0 spiro atoms. The number of nitrogens with zero attached hydrogens (tertiary/aromatic N) is 2. The van der Waals surface area contributed by atoms with Crippen LogP contribution in [0.25, 0.3) is 5.69 Å². The second kappa shape index (κ2) is 9.83. The van der Waals surface area contributed by atoms with E-state index in [2.05, 4.69) is 45.0 Å². The summed E-state index contributed by atoms with van der Waals surface area (Å²) in [5, 5.41) is 7.09. The van der Waals surface area contributed by atoms with E-state index in [9.17, 15) is 4.39 Å². The molecular formula is C21H35FN4+2. The van der Waals surface area contributed by atoms with E-state index in [0.29, 0.717) is 6.04 Å². The summed E-state index contributed by atoms with van der Waals surface area (Å²) in [6.45, 7) is 15.6. The quantitative estimate of drug-likeness (QED) is 0.664. The minimum absolute atomic E-state index is 0.218. The molecule has 0 aliphatic rings. The third kappa shape index (κ3) is 5.39. The van der Waals surface area contributed by atoms with Crippen molar-refractivity contribution in [2.45, 2.75) is 60.0 Å². The van der Waals surface area contributed by atoms with Gasteiger partial charge in [-0.1, -0.05) is 0 Å². The van der Waals surface area contributed by atoms with Gasteiger partial charge in [0.2, 0.25) is 0 Å². The fourth-order valence-electron chi connectivity index (χ4n) is 3.52. The van der Waals surface area contributed by atoms with Crippen LogP contribution in [0.15, 0.2) is 24.3 Å². The lowest BCUT2D eigenvalue weighted by Gasteiger charge is -2.16. The summed E-state index contributed by atoms with van der Waals surface area (Å²) in [7, 11) is 0. The molecule has 3 N–H and O–H groups in total. The van der Waals surface area contributed by atoms with Gasteiger partial charge in [0.25, 0.3) is 0 Å².